The molecule has 0 amide bonds. The van der Waals surface area contributed by atoms with Crippen molar-refractivity contribution < 1.29 is 4.74 Å². The van der Waals surface area contributed by atoms with Gasteiger partial charge in [0.2, 0.25) is 0 Å². The van der Waals surface area contributed by atoms with Crippen LogP contribution in [0.1, 0.15) is 12.5 Å². The van der Waals surface area contributed by atoms with Gasteiger partial charge in [-0.3, -0.25) is 0 Å². The van der Waals surface area contributed by atoms with Crippen LogP contribution >= 0.6 is 35.6 Å². The summed E-state index contributed by atoms with van der Waals surface area (Å²) in [7, 11) is 1.65. The molecule has 0 spiro atoms. The van der Waals surface area contributed by atoms with Crippen molar-refractivity contribution in [3.63, 3.8) is 0 Å². The molecule has 0 aliphatic carbocycles. The summed E-state index contributed by atoms with van der Waals surface area (Å²) < 4.78 is 4.99. The van der Waals surface area contributed by atoms with Crippen LogP contribution in [0, 0.1) is 0 Å². The number of aliphatic imine (C=N–C) groups is 1. The van der Waals surface area contributed by atoms with Crippen LogP contribution in [0.5, 0.6) is 0 Å². The van der Waals surface area contributed by atoms with Crippen LogP contribution in [0.3, 0.4) is 0 Å². The van der Waals surface area contributed by atoms with Gasteiger partial charge in [0.05, 0.1) is 13.2 Å². The number of nitrogens with two attached hydrogens (primary N) is 1. The Kier molecular flexibility index (Phi) is 9.13. The minimum Gasteiger partial charge on any atom is -0.383 e. The number of benzene rings is 1. The fraction of sp³-hybridized carbons (Fsp3) is 0.417. The summed E-state index contributed by atoms with van der Waals surface area (Å²) in [6.45, 7) is 3.11. The molecule has 4 nitrogen and oxygen atoms in total. The zero-order chi connectivity index (χ0) is 12.7. The molecule has 102 valence electrons. The van der Waals surface area contributed by atoms with Gasteiger partial charge in [-0.1, -0.05) is 23.7 Å². The van der Waals surface area contributed by atoms with Crippen molar-refractivity contribution in [1.29, 1.82) is 0 Å². The van der Waals surface area contributed by atoms with E-state index in [-0.39, 0.29) is 30.0 Å². The Hall–Kier alpha value is -0.530. The van der Waals surface area contributed by atoms with Gasteiger partial charge in [0.1, 0.15) is 0 Å². The smallest absolute Gasteiger partial charge is 0.189 e. The van der Waals surface area contributed by atoms with Gasteiger partial charge in [-0.2, -0.15) is 0 Å². The van der Waals surface area contributed by atoms with Crippen LogP contribution in [0.4, 0.5) is 0 Å². The third-order valence-corrected chi connectivity index (χ3v) is 2.41. The lowest BCUT2D eigenvalue weighted by molar-refractivity contribution is 0.179. The second-order valence-electron chi connectivity index (χ2n) is 3.83. The summed E-state index contributed by atoms with van der Waals surface area (Å²) in [5.74, 6) is 0.421. The maximum absolute atomic E-state index is 5.79. The summed E-state index contributed by atoms with van der Waals surface area (Å²) in [5.41, 5.74) is 6.81. The standard InChI is InChI=1S/C12H18ClN3O.HI/c1-9(8-17-2)16-12(14)15-7-10-3-5-11(13)6-4-10;/h3-6,9H,7-8H2,1-2H3,(H3,14,15,16);1H. The highest BCUT2D eigenvalue weighted by Gasteiger charge is 2.01. The van der Waals surface area contributed by atoms with Crippen molar-refractivity contribution >= 4 is 41.5 Å². The average molecular weight is 384 g/mol. The Labute approximate surface area is 130 Å². The lowest BCUT2D eigenvalue weighted by atomic mass is 10.2. The molecule has 18 heavy (non-hydrogen) atoms. The third kappa shape index (κ3) is 7.03. The molecule has 0 aromatic heterocycles. The van der Waals surface area contributed by atoms with E-state index >= 15 is 0 Å². The van der Waals surface area contributed by atoms with E-state index in [4.69, 9.17) is 22.1 Å². The van der Waals surface area contributed by atoms with E-state index in [0.717, 1.165) is 10.6 Å². The Bertz CT molecular complexity index is 370. The minimum absolute atomic E-state index is 0. The number of methoxy groups -OCH3 is 1. The number of hydrogen-bond acceptors (Lipinski definition) is 2. The molecule has 1 unspecified atom stereocenters. The Morgan fingerprint density at radius 3 is 2.61 bits per heavy atom. The summed E-state index contributed by atoms with van der Waals surface area (Å²) in [5, 5.41) is 3.76. The van der Waals surface area contributed by atoms with Gasteiger partial charge in [0.25, 0.3) is 0 Å². The minimum atomic E-state index is 0. The Balaban J connectivity index is 0.00000289. The monoisotopic (exact) mass is 383 g/mol. The lowest BCUT2D eigenvalue weighted by Crippen LogP contribution is -2.40. The molecule has 1 atom stereocenters. The van der Waals surface area contributed by atoms with E-state index in [1.807, 2.05) is 31.2 Å². The number of guanidine groups is 1. The van der Waals surface area contributed by atoms with Gasteiger partial charge in [0.15, 0.2) is 5.96 Å². The quantitative estimate of drug-likeness (QED) is 0.466. The maximum Gasteiger partial charge on any atom is 0.189 e. The van der Waals surface area contributed by atoms with Crippen LogP contribution in [-0.4, -0.2) is 25.7 Å². The van der Waals surface area contributed by atoms with Crippen molar-refractivity contribution in [3.05, 3.63) is 34.9 Å². The van der Waals surface area contributed by atoms with Crippen LogP contribution in [0.25, 0.3) is 0 Å². The first-order valence-corrected chi connectivity index (χ1v) is 5.79. The first-order valence-electron chi connectivity index (χ1n) is 5.41. The average Bonchev–Trinajstić information content (AvgIpc) is 2.28. The molecule has 1 aromatic carbocycles. The number of nitrogens with zero attached hydrogens (tertiary/aromatic N) is 1. The lowest BCUT2D eigenvalue weighted by Gasteiger charge is -2.12. The number of ether oxygens (including phenoxy) is 1. The fourth-order valence-electron chi connectivity index (χ4n) is 1.36. The second kappa shape index (κ2) is 9.41. The molecule has 0 fully saturated rings. The molecule has 1 aromatic rings. The molecule has 6 heteroatoms. The number of hydrogen-bond donors (Lipinski definition) is 2. The van der Waals surface area contributed by atoms with Crippen LogP contribution in [0.15, 0.2) is 29.3 Å². The first kappa shape index (κ1) is 17.5. The van der Waals surface area contributed by atoms with Crippen molar-refractivity contribution in [2.24, 2.45) is 10.7 Å². The van der Waals surface area contributed by atoms with E-state index in [1.165, 1.54) is 0 Å². The molecule has 0 saturated heterocycles. The predicted molar refractivity (Wildman–Crippen MR) is 86.7 cm³/mol. The van der Waals surface area contributed by atoms with E-state index in [0.29, 0.717) is 19.1 Å². The van der Waals surface area contributed by atoms with Gasteiger partial charge < -0.3 is 15.8 Å². The van der Waals surface area contributed by atoms with E-state index < -0.39 is 0 Å². The molecular weight excluding hydrogens is 365 g/mol. The normalized spacial score (nSPS) is 12.7. The van der Waals surface area contributed by atoms with E-state index in [9.17, 15) is 0 Å². The van der Waals surface area contributed by atoms with Gasteiger partial charge in [-0.05, 0) is 24.6 Å². The van der Waals surface area contributed by atoms with Gasteiger partial charge in [0, 0.05) is 18.2 Å². The van der Waals surface area contributed by atoms with Gasteiger partial charge in [-0.15, -0.1) is 24.0 Å². The highest BCUT2D eigenvalue weighted by atomic mass is 127. The summed E-state index contributed by atoms with van der Waals surface area (Å²) in [6, 6.07) is 7.68. The second-order valence-corrected chi connectivity index (χ2v) is 4.27. The summed E-state index contributed by atoms with van der Waals surface area (Å²) in [4.78, 5) is 4.23. The topological polar surface area (TPSA) is 59.6 Å². The largest absolute Gasteiger partial charge is 0.383 e. The van der Waals surface area contributed by atoms with Crippen LogP contribution in [0.2, 0.25) is 5.02 Å². The molecule has 0 radical (unpaired) electrons. The molecule has 3 N–H and O–H groups in total. The SMILES string of the molecule is COCC(C)NC(N)=NCc1ccc(Cl)cc1.I. The van der Waals surface area contributed by atoms with Crippen molar-refractivity contribution in [2.45, 2.75) is 19.5 Å². The molecular formula is C12H19ClIN3O. The molecule has 0 saturated carbocycles. The fourth-order valence-corrected chi connectivity index (χ4v) is 1.48. The summed E-state index contributed by atoms with van der Waals surface area (Å²) >= 11 is 5.79. The number of halogens is 2. The maximum atomic E-state index is 5.79. The van der Waals surface area contributed by atoms with E-state index in [1.54, 1.807) is 7.11 Å². The molecule has 0 aliphatic rings. The molecule has 0 heterocycles. The zero-order valence-electron chi connectivity index (χ0n) is 10.5. The Morgan fingerprint density at radius 1 is 1.44 bits per heavy atom. The van der Waals surface area contributed by atoms with Gasteiger partial charge in [-0.25, -0.2) is 4.99 Å². The predicted octanol–water partition coefficient (Wildman–Crippen LogP) is 2.40. The Morgan fingerprint density at radius 2 is 2.06 bits per heavy atom. The van der Waals surface area contributed by atoms with Crippen LogP contribution in [-0.2, 0) is 11.3 Å². The molecule has 1 rings (SSSR count). The van der Waals surface area contributed by atoms with Crippen LogP contribution < -0.4 is 11.1 Å². The highest BCUT2D eigenvalue weighted by molar-refractivity contribution is 14.0. The molecule has 0 bridgehead atoms. The van der Waals surface area contributed by atoms with Crippen molar-refractivity contribution in [3.8, 4) is 0 Å². The van der Waals surface area contributed by atoms with Gasteiger partial charge >= 0.3 is 0 Å². The van der Waals surface area contributed by atoms with Crippen molar-refractivity contribution in [2.75, 3.05) is 13.7 Å². The summed E-state index contributed by atoms with van der Waals surface area (Å²) in [6.07, 6.45) is 0. The molecule has 0 aliphatic heterocycles. The van der Waals surface area contributed by atoms with Crippen molar-refractivity contribution in [1.82, 2.24) is 5.32 Å². The highest BCUT2D eigenvalue weighted by Crippen LogP contribution is 2.09. The first-order chi connectivity index (χ1) is 8.11. The van der Waals surface area contributed by atoms with E-state index in [2.05, 4.69) is 10.3 Å². The zero-order valence-corrected chi connectivity index (χ0v) is 13.6. The third-order valence-electron chi connectivity index (χ3n) is 2.16. The number of nitrogens with one attached hydrogen (secondary N) is 1. The number of rotatable bonds is 5.